The first-order valence-corrected chi connectivity index (χ1v) is 9.95. The van der Waals surface area contributed by atoms with Crippen molar-refractivity contribution < 1.29 is 9.53 Å². The molecule has 0 saturated carbocycles. The Labute approximate surface area is 166 Å². The predicted octanol–water partition coefficient (Wildman–Crippen LogP) is 4.78. The maximum Gasteiger partial charge on any atom is 0.211 e. The monoisotopic (exact) mass is 387 g/mol. The fourth-order valence-corrected chi connectivity index (χ4v) is 4.40. The molecule has 5 rings (SSSR count). The van der Waals surface area contributed by atoms with Crippen LogP contribution >= 0.6 is 11.3 Å². The van der Waals surface area contributed by atoms with Crippen molar-refractivity contribution in [3.8, 4) is 33.4 Å². The molecule has 0 bridgehead atoms. The normalized spacial score (nSPS) is 12.1. The van der Waals surface area contributed by atoms with Crippen LogP contribution in [0.5, 0.6) is 5.75 Å². The van der Waals surface area contributed by atoms with Gasteiger partial charge in [-0.15, -0.1) is 11.3 Å². The first kappa shape index (κ1) is 16.9. The van der Waals surface area contributed by atoms with Gasteiger partial charge in [0.1, 0.15) is 5.75 Å². The Morgan fingerprint density at radius 3 is 2.54 bits per heavy atom. The molecule has 1 aliphatic rings. The molecule has 0 spiro atoms. The molecule has 4 aromatic rings. The van der Waals surface area contributed by atoms with Gasteiger partial charge in [0, 0.05) is 22.1 Å². The maximum absolute atomic E-state index is 12.9. The third-order valence-electron chi connectivity index (χ3n) is 5.01. The molecule has 2 aromatic carbocycles. The number of nitrogens with zero attached hydrogens (tertiary/aromatic N) is 3. The van der Waals surface area contributed by atoms with Crippen LogP contribution in [-0.2, 0) is 6.42 Å². The zero-order valence-corrected chi connectivity index (χ0v) is 16.3. The number of benzene rings is 2. The highest BCUT2D eigenvalue weighted by molar-refractivity contribution is 7.12. The van der Waals surface area contributed by atoms with Crippen LogP contribution in [-0.4, -0.2) is 27.7 Å². The molecule has 0 radical (unpaired) electrons. The van der Waals surface area contributed by atoms with Crippen molar-refractivity contribution in [2.75, 3.05) is 7.11 Å². The summed E-state index contributed by atoms with van der Waals surface area (Å²) >= 11 is 1.52. The van der Waals surface area contributed by atoms with E-state index in [9.17, 15) is 4.79 Å². The van der Waals surface area contributed by atoms with Crippen LogP contribution in [0, 0.1) is 0 Å². The van der Waals surface area contributed by atoms with Gasteiger partial charge in [0.2, 0.25) is 5.13 Å². The molecule has 0 unspecified atom stereocenters. The number of methoxy groups -OCH3 is 1. The Kier molecular flexibility index (Phi) is 3.87. The number of hydrogen-bond donors (Lipinski definition) is 0. The van der Waals surface area contributed by atoms with Crippen LogP contribution in [0.4, 0.5) is 0 Å². The number of hydrogen-bond acceptors (Lipinski definition) is 5. The van der Waals surface area contributed by atoms with Gasteiger partial charge >= 0.3 is 0 Å². The molecule has 28 heavy (non-hydrogen) atoms. The van der Waals surface area contributed by atoms with Gasteiger partial charge < -0.3 is 4.74 Å². The van der Waals surface area contributed by atoms with Gasteiger partial charge in [-0.3, -0.25) is 4.79 Å². The Balaban J connectivity index is 1.63. The average molecular weight is 387 g/mol. The zero-order chi connectivity index (χ0) is 19.3. The van der Waals surface area contributed by atoms with Gasteiger partial charge in [-0.2, -0.15) is 5.10 Å². The van der Waals surface area contributed by atoms with E-state index in [-0.39, 0.29) is 5.78 Å². The molecule has 0 amide bonds. The van der Waals surface area contributed by atoms with E-state index >= 15 is 0 Å². The lowest BCUT2D eigenvalue weighted by molar-refractivity contribution is 0.104. The number of rotatable bonds is 4. The van der Waals surface area contributed by atoms with Crippen molar-refractivity contribution in [3.63, 3.8) is 0 Å². The van der Waals surface area contributed by atoms with Crippen molar-refractivity contribution in [1.29, 1.82) is 0 Å². The van der Waals surface area contributed by atoms with Crippen LogP contribution < -0.4 is 4.74 Å². The second kappa shape index (κ2) is 6.42. The molecule has 0 N–H and O–H groups in total. The first-order valence-electron chi connectivity index (χ1n) is 9.07. The van der Waals surface area contributed by atoms with E-state index in [1.807, 2.05) is 65.5 Å². The molecule has 2 heterocycles. The molecule has 0 aliphatic heterocycles. The summed E-state index contributed by atoms with van der Waals surface area (Å²) in [6, 6.07) is 15.5. The number of aryl methyl sites for hydroxylation is 1. The topological polar surface area (TPSA) is 57.0 Å². The molecule has 0 saturated heterocycles. The number of ketones is 1. The number of ether oxygens (including phenoxy) is 1. The molecule has 2 aromatic heterocycles. The smallest absolute Gasteiger partial charge is 0.211 e. The van der Waals surface area contributed by atoms with Crippen LogP contribution in [0.2, 0.25) is 0 Å². The van der Waals surface area contributed by atoms with E-state index in [1.165, 1.54) is 11.3 Å². The average Bonchev–Trinajstić information content (AvgIpc) is 3.44. The predicted molar refractivity (Wildman–Crippen MR) is 109 cm³/mol. The summed E-state index contributed by atoms with van der Waals surface area (Å²) in [6.45, 7) is 2.02. The molecule has 0 fully saturated rings. The van der Waals surface area contributed by atoms with Crippen LogP contribution in [0.25, 0.3) is 27.6 Å². The van der Waals surface area contributed by atoms with Crippen molar-refractivity contribution in [1.82, 2.24) is 14.8 Å². The molecule has 1 aliphatic carbocycles. The van der Waals surface area contributed by atoms with E-state index in [4.69, 9.17) is 14.8 Å². The Hall–Kier alpha value is -3.25. The Morgan fingerprint density at radius 2 is 1.82 bits per heavy atom. The molecule has 138 valence electrons. The highest BCUT2D eigenvalue weighted by Gasteiger charge is 2.34. The van der Waals surface area contributed by atoms with Gasteiger partial charge in [-0.1, -0.05) is 31.2 Å². The Bertz CT molecular complexity index is 1210. The number of carbonyl (C=O) groups excluding carboxylic acids is 1. The lowest BCUT2D eigenvalue weighted by Crippen LogP contribution is -2.01. The minimum atomic E-state index is 0.0561. The van der Waals surface area contributed by atoms with E-state index in [1.54, 1.807) is 7.11 Å². The third-order valence-corrected chi connectivity index (χ3v) is 5.82. The summed E-state index contributed by atoms with van der Waals surface area (Å²) in [6.07, 6.45) is 0.700. The minimum absolute atomic E-state index is 0.0561. The standard InChI is InChI=1S/C22H17N3O2S/c1-3-17-19-20(15-6-4-5-7-16(15)21(19)26)25(24-17)22-23-18(12-28-22)13-8-10-14(27-2)11-9-13/h4-12H,3H2,1-2H3. The zero-order valence-electron chi connectivity index (χ0n) is 15.5. The fraction of sp³-hybridized carbons (Fsp3) is 0.136. The summed E-state index contributed by atoms with van der Waals surface area (Å²) in [5.74, 6) is 0.868. The van der Waals surface area contributed by atoms with Gasteiger partial charge in [0.25, 0.3) is 0 Å². The first-order chi connectivity index (χ1) is 13.7. The maximum atomic E-state index is 12.9. The van der Waals surface area contributed by atoms with Gasteiger partial charge in [0.05, 0.1) is 29.8 Å². The number of aromatic nitrogens is 3. The number of fused-ring (bicyclic) bond motifs is 3. The molecule has 6 heteroatoms. The van der Waals surface area contributed by atoms with Crippen molar-refractivity contribution in [2.24, 2.45) is 0 Å². The van der Waals surface area contributed by atoms with Crippen molar-refractivity contribution in [2.45, 2.75) is 13.3 Å². The third kappa shape index (κ3) is 2.42. The summed E-state index contributed by atoms with van der Waals surface area (Å²) in [5, 5.41) is 7.50. The summed E-state index contributed by atoms with van der Waals surface area (Å²) in [4.78, 5) is 17.7. The van der Waals surface area contributed by atoms with Crippen LogP contribution in [0.15, 0.2) is 53.9 Å². The quantitative estimate of drug-likeness (QED) is 0.445. The summed E-state index contributed by atoms with van der Waals surface area (Å²) in [7, 11) is 1.65. The van der Waals surface area contributed by atoms with Crippen LogP contribution in [0.1, 0.15) is 28.5 Å². The molecular formula is C22H17N3O2S. The van der Waals surface area contributed by atoms with Crippen LogP contribution in [0.3, 0.4) is 0 Å². The fourth-order valence-electron chi connectivity index (χ4n) is 3.61. The highest BCUT2D eigenvalue weighted by Crippen LogP contribution is 2.40. The van der Waals surface area contributed by atoms with E-state index in [0.717, 1.165) is 44.7 Å². The number of thiazole rings is 1. The SMILES string of the molecule is CCc1nn(-c2nc(-c3ccc(OC)cc3)cs2)c2c1C(=O)c1ccccc1-2. The van der Waals surface area contributed by atoms with E-state index in [2.05, 4.69) is 0 Å². The highest BCUT2D eigenvalue weighted by atomic mass is 32.1. The summed E-state index contributed by atoms with van der Waals surface area (Å²) in [5.41, 5.74) is 5.94. The largest absolute Gasteiger partial charge is 0.497 e. The minimum Gasteiger partial charge on any atom is -0.497 e. The Morgan fingerprint density at radius 1 is 1.07 bits per heavy atom. The second-order valence-corrected chi connectivity index (χ2v) is 7.39. The molecular weight excluding hydrogens is 370 g/mol. The lowest BCUT2D eigenvalue weighted by Gasteiger charge is -2.04. The van der Waals surface area contributed by atoms with Crippen molar-refractivity contribution >= 4 is 17.1 Å². The van der Waals surface area contributed by atoms with E-state index < -0.39 is 0 Å². The van der Waals surface area contributed by atoms with Crippen molar-refractivity contribution in [3.05, 3.63) is 70.7 Å². The van der Waals surface area contributed by atoms with Gasteiger partial charge in [-0.25, -0.2) is 9.67 Å². The number of carbonyl (C=O) groups is 1. The molecule has 0 atom stereocenters. The second-order valence-electron chi connectivity index (χ2n) is 6.55. The van der Waals surface area contributed by atoms with Gasteiger partial charge in [-0.05, 0) is 30.7 Å². The lowest BCUT2D eigenvalue weighted by atomic mass is 10.1. The molecule has 5 nitrogen and oxygen atoms in total. The van der Waals surface area contributed by atoms with E-state index in [0.29, 0.717) is 12.0 Å². The summed E-state index contributed by atoms with van der Waals surface area (Å²) < 4.78 is 7.05. The van der Waals surface area contributed by atoms with Gasteiger partial charge in [0.15, 0.2) is 5.78 Å².